The summed E-state index contributed by atoms with van der Waals surface area (Å²) in [6, 6.07) is 11.3. The zero-order valence-corrected chi connectivity index (χ0v) is 20.6. The first kappa shape index (κ1) is 23.9. The van der Waals surface area contributed by atoms with Crippen molar-refractivity contribution in [1.82, 2.24) is 19.7 Å². The van der Waals surface area contributed by atoms with Gasteiger partial charge in [-0.05, 0) is 25.4 Å². The maximum atomic E-state index is 15.2. The van der Waals surface area contributed by atoms with Crippen molar-refractivity contribution >= 4 is 21.6 Å². The second-order valence-electron chi connectivity index (χ2n) is 8.89. The fraction of sp³-hybridized carbons (Fsp3) is 0.375. The summed E-state index contributed by atoms with van der Waals surface area (Å²) < 4.78 is 35.5. The third-order valence-electron chi connectivity index (χ3n) is 6.42. The number of nitrogens with zero attached hydrogens (tertiary/aromatic N) is 7. The van der Waals surface area contributed by atoms with E-state index in [9.17, 15) is 10.6 Å². The van der Waals surface area contributed by atoms with Crippen LogP contribution in [0.1, 0.15) is 34.6 Å². The van der Waals surface area contributed by atoms with E-state index in [2.05, 4.69) is 25.1 Å². The molecule has 4 heterocycles. The van der Waals surface area contributed by atoms with Crippen molar-refractivity contribution in [2.45, 2.75) is 50.6 Å². The van der Waals surface area contributed by atoms with E-state index in [0.29, 0.717) is 11.3 Å². The van der Waals surface area contributed by atoms with Crippen LogP contribution in [0.2, 0.25) is 0 Å². The third kappa shape index (κ3) is 4.25. The fourth-order valence-electron chi connectivity index (χ4n) is 4.81. The van der Waals surface area contributed by atoms with Crippen molar-refractivity contribution < 1.29 is 23.7 Å². The maximum absolute atomic E-state index is 15.2. The van der Waals surface area contributed by atoms with Gasteiger partial charge in [0.05, 0.1) is 34.0 Å². The lowest BCUT2D eigenvalue weighted by atomic mass is 9.91. The highest BCUT2D eigenvalue weighted by molar-refractivity contribution is 7.18. The van der Waals surface area contributed by atoms with E-state index in [1.807, 2.05) is 37.3 Å². The normalized spacial score (nSPS) is 27.6. The minimum atomic E-state index is -1.34. The molecule has 0 radical (unpaired) electrons. The van der Waals surface area contributed by atoms with Gasteiger partial charge in [0, 0.05) is 16.5 Å². The number of aryl methyl sites for hydroxylation is 2. The van der Waals surface area contributed by atoms with E-state index in [0.717, 1.165) is 15.3 Å². The first-order valence-corrected chi connectivity index (χ1v) is 12.4. The Balaban J connectivity index is 1.36. The monoisotopic (exact) mass is 523 g/mol. The minimum Gasteiger partial charge on any atom is -0.389 e. The summed E-state index contributed by atoms with van der Waals surface area (Å²) >= 11 is 1.43. The van der Waals surface area contributed by atoms with Crippen molar-refractivity contribution in [1.29, 1.82) is 0 Å². The number of aliphatic hydroxyl groups is 1. The summed E-state index contributed by atoms with van der Waals surface area (Å²) in [6.07, 6.45) is -4.58. The summed E-state index contributed by atoms with van der Waals surface area (Å²) in [5.41, 5.74) is 10.8. The predicted molar refractivity (Wildman–Crippen MR) is 131 cm³/mol. The molecule has 0 bridgehead atoms. The van der Waals surface area contributed by atoms with Gasteiger partial charge in [0.25, 0.3) is 0 Å². The molecule has 4 aromatic rings. The molecule has 190 valence electrons. The van der Waals surface area contributed by atoms with Gasteiger partial charge >= 0.3 is 0 Å². The molecule has 2 aromatic carbocycles. The molecule has 2 fully saturated rings. The van der Waals surface area contributed by atoms with Crippen molar-refractivity contribution in [2.75, 3.05) is 6.61 Å². The lowest BCUT2D eigenvalue weighted by Gasteiger charge is -2.46. The van der Waals surface area contributed by atoms with Gasteiger partial charge in [-0.2, -0.15) is 5.10 Å². The Kier molecular flexibility index (Phi) is 6.11. The Hall–Kier alpha value is -3.45. The van der Waals surface area contributed by atoms with Crippen LogP contribution in [0.15, 0.2) is 47.6 Å². The number of aromatic nitrogens is 4. The Bertz CT molecular complexity index is 1510. The second kappa shape index (κ2) is 9.45. The molecular weight excluding hydrogens is 501 g/mol. The van der Waals surface area contributed by atoms with Gasteiger partial charge in [0.2, 0.25) is 0 Å². The van der Waals surface area contributed by atoms with Gasteiger partial charge < -0.3 is 19.3 Å². The fourth-order valence-corrected chi connectivity index (χ4v) is 5.65. The van der Waals surface area contributed by atoms with Crippen LogP contribution >= 0.6 is 11.3 Å². The average Bonchev–Trinajstić information content (AvgIpc) is 3.46. The largest absolute Gasteiger partial charge is 0.389 e. The summed E-state index contributed by atoms with van der Waals surface area (Å²) in [4.78, 5) is 11.7. The second-order valence-corrected chi connectivity index (χ2v) is 10.1. The Morgan fingerprint density at radius 2 is 2.00 bits per heavy atom. The topological polar surface area (TPSA) is 140 Å². The average molecular weight is 524 g/mol. The van der Waals surface area contributed by atoms with Crippen LogP contribution < -0.4 is 0 Å². The van der Waals surface area contributed by atoms with Crippen molar-refractivity contribution in [3.05, 3.63) is 80.9 Å². The highest BCUT2D eigenvalue weighted by Gasteiger charge is 2.51. The van der Waals surface area contributed by atoms with E-state index in [-0.39, 0.29) is 18.1 Å². The summed E-state index contributed by atoms with van der Waals surface area (Å²) in [5.74, 6) is -0.0199. The summed E-state index contributed by atoms with van der Waals surface area (Å²) in [5, 5.41) is 20.4. The van der Waals surface area contributed by atoms with Gasteiger partial charge in [-0.25, -0.2) is 19.0 Å². The zero-order chi connectivity index (χ0) is 25.7. The molecule has 6 rings (SSSR count). The molecule has 0 saturated carbocycles. The Morgan fingerprint density at radius 1 is 1.19 bits per heavy atom. The smallest absolute Gasteiger partial charge is 0.184 e. The lowest BCUT2D eigenvalue weighted by molar-refractivity contribution is -0.309. The number of fused-ring (bicyclic) bond motifs is 2. The summed E-state index contributed by atoms with van der Waals surface area (Å²) in [7, 11) is 0. The molecule has 0 spiro atoms. The standard InChI is InChI=1S/C24H22FN7O4S/c1-11-27-23(32(30-11)16-9-18-15(8-14(16)25)28-12(2)37-18)22-20(33)19(29-31-26)21-17(35-22)10-34-24(36-21)13-6-4-3-5-7-13/h3-9,17,19-22,24,33H,10H2,1-2H3/t17?,19-,20?,21+,22-,24?/m1/s1. The van der Waals surface area contributed by atoms with Gasteiger partial charge in [-0.3, -0.25) is 0 Å². The van der Waals surface area contributed by atoms with Crippen molar-refractivity contribution in [3.8, 4) is 5.69 Å². The maximum Gasteiger partial charge on any atom is 0.184 e. The van der Waals surface area contributed by atoms with Crippen LogP contribution in [0, 0.1) is 19.7 Å². The van der Waals surface area contributed by atoms with Gasteiger partial charge in [-0.15, -0.1) is 11.3 Å². The predicted octanol–water partition coefficient (Wildman–Crippen LogP) is 4.23. The number of ether oxygens (including phenoxy) is 3. The minimum absolute atomic E-state index is 0.123. The molecule has 2 aliphatic rings. The van der Waals surface area contributed by atoms with Crippen molar-refractivity contribution in [2.24, 2.45) is 5.11 Å². The highest BCUT2D eigenvalue weighted by Crippen LogP contribution is 2.40. The molecule has 37 heavy (non-hydrogen) atoms. The first-order valence-electron chi connectivity index (χ1n) is 11.6. The van der Waals surface area contributed by atoms with Gasteiger partial charge in [-0.1, -0.05) is 35.4 Å². The molecule has 13 heteroatoms. The van der Waals surface area contributed by atoms with E-state index in [1.54, 1.807) is 13.0 Å². The van der Waals surface area contributed by atoms with Crippen molar-refractivity contribution in [3.63, 3.8) is 0 Å². The number of benzene rings is 2. The quantitative estimate of drug-likeness (QED) is 0.240. The molecule has 6 atom stereocenters. The number of hydrogen-bond acceptors (Lipinski definition) is 9. The molecule has 11 nitrogen and oxygen atoms in total. The molecular formula is C24H22FN7O4S. The van der Waals surface area contributed by atoms with Crippen LogP contribution in [0.25, 0.3) is 26.3 Å². The number of hydrogen-bond donors (Lipinski definition) is 1. The number of azide groups is 1. The summed E-state index contributed by atoms with van der Waals surface area (Å²) in [6.45, 7) is 3.63. The van der Waals surface area contributed by atoms with Crippen LogP contribution in [0.5, 0.6) is 0 Å². The Labute approximate surface area is 214 Å². The van der Waals surface area contributed by atoms with Crippen LogP contribution in [0.3, 0.4) is 0 Å². The number of thiazole rings is 1. The molecule has 1 N–H and O–H groups in total. The number of aliphatic hydroxyl groups excluding tert-OH is 1. The third-order valence-corrected chi connectivity index (χ3v) is 7.35. The number of rotatable bonds is 4. The highest BCUT2D eigenvalue weighted by atomic mass is 32.1. The van der Waals surface area contributed by atoms with Crippen LogP contribution in [-0.2, 0) is 14.2 Å². The first-order chi connectivity index (χ1) is 17.9. The van der Waals surface area contributed by atoms with Gasteiger partial charge in [0.1, 0.15) is 29.8 Å². The van der Waals surface area contributed by atoms with E-state index >= 15 is 4.39 Å². The van der Waals surface area contributed by atoms with Crippen LogP contribution in [-0.4, -0.2) is 55.8 Å². The SMILES string of the molecule is Cc1nc([C@@H]2OC3COC(c4ccccc4)O[C@@H]3[C@H](N=[N+]=[N-])C2O)n(-c2cc3sc(C)nc3cc2F)n1. The molecule has 2 saturated heterocycles. The van der Waals surface area contributed by atoms with Crippen LogP contribution in [0.4, 0.5) is 4.39 Å². The van der Waals surface area contributed by atoms with E-state index in [1.165, 1.54) is 22.1 Å². The number of halogens is 1. The molecule has 3 unspecified atom stereocenters. The molecule has 2 aromatic heterocycles. The van der Waals surface area contributed by atoms with Gasteiger partial charge in [0.15, 0.2) is 17.9 Å². The van der Waals surface area contributed by atoms with E-state index < -0.39 is 42.6 Å². The molecule has 0 amide bonds. The molecule has 2 aliphatic heterocycles. The zero-order valence-electron chi connectivity index (χ0n) is 19.8. The lowest BCUT2D eigenvalue weighted by Crippen LogP contribution is -2.58. The Morgan fingerprint density at radius 3 is 2.78 bits per heavy atom. The van der Waals surface area contributed by atoms with E-state index in [4.69, 9.17) is 14.2 Å². The molecule has 0 aliphatic carbocycles.